The maximum absolute atomic E-state index is 13.3. The van der Waals surface area contributed by atoms with E-state index in [0.29, 0.717) is 5.69 Å². The molecule has 1 heterocycles. The molecule has 2 N–H and O–H groups in total. The molecule has 1 aromatic heterocycles. The molecule has 33 heavy (non-hydrogen) atoms. The quantitative estimate of drug-likeness (QED) is 0.492. The minimum Gasteiger partial charge on any atom is -0.364 e. The summed E-state index contributed by atoms with van der Waals surface area (Å²) >= 11 is 0. The number of hydrogen-bond donors (Lipinski definition) is 2. The van der Waals surface area contributed by atoms with E-state index in [1.807, 2.05) is 0 Å². The van der Waals surface area contributed by atoms with Gasteiger partial charge in [0, 0.05) is 18.8 Å². The third-order valence-electron chi connectivity index (χ3n) is 4.64. The third-order valence-corrected chi connectivity index (χ3v) is 4.64. The highest BCUT2D eigenvalue weighted by atomic mass is 19.4. The van der Waals surface area contributed by atoms with Gasteiger partial charge in [-0.05, 0) is 62.5 Å². The van der Waals surface area contributed by atoms with E-state index in [1.54, 1.807) is 38.1 Å². The molecule has 0 unspecified atom stereocenters. The van der Waals surface area contributed by atoms with Crippen LogP contribution in [0.5, 0.6) is 0 Å². The molecule has 0 radical (unpaired) electrons. The van der Waals surface area contributed by atoms with Gasteiger partial charge < -0.3 is 15.5 Å². The molecule has 174 valence electrons. The Morgan fingerprint density at radius 2 is 1.79 bits per heavy atom. The Kier molecular flexibility index (Phi) is 7.27. The van der Waals surface area contributed by atoms with Crippen LogP contribution in [0, 0.1) is 12.7 Å². The number of benzene rings is 2. The fourth-order valence-corrected chi connectivity index (χ4v) is 3.16. The summed E-state index contributed by atoms with van der Waals surface area (Å²) in [6.07, 6.45) is -3.02. The van der Waals surface area contributed by atoms with Crippen LogP contribution in [-0.4, -0.2) is 34.9 Å². The predicted molar refractivity (Wildman–Crippen MR) is 117 cm³/mol. The molecular weight excluding hydrogens is 438 g/mol. The molecule has 0 aliphatic heterocycles. The molecule has 0 atom stereocenters. The van der Waals surface area contributed by atoms with Gasteiger partial charge in [-0.3, -0.25) is 4.79 Å². The Bertz CT molecular complexity index is 1130. The second-order valence-electron chi connectivity index (χ2n) is 7.75. The van der Waals surface area contributed by atoms with Crippen LogP contribution in [-0.2, 0) is 19.3 Å². The first-order valence-corrected chi connectivity index (χ1v) is 10.0. The van der Waals surface area contributed by atoms with Gasteiger partial charge in [0.25, 0.3) is 5.91 Å². The standard InChI is InChI=1S/C23H23F4N5O/c1-14-11-28-21(29-12-15-4-6-17(24)7-5-15)20(30-14)22(33)31-18-8-9-19(23(25,26)27)16(10-18)13-32(2)3/h4-11H,12-13H2,1-3H3,(H,28,29)(H,31,33). The average Bonchev–Trinajstić information content (AvgIpc) is 2.72. The molecule has 0 saturated heterocycles. The Morgan fingerprint density at radius 3 is 2.42 bits per heavy atom. The topological polar surface area (TPSA) is 70.2 Å². The van der Waals surface area contributed by atoms with E-state index in [-0.39, 0.29) is 41.7 Å². The number of amides is 1. The van der Waals surface area contributed by atoms with Crippen molar-refractivity contribution in [3.05, 3.63) is 82.6 Å². The Balaban J connectivity index is 1.83. The van der Waals surface area contributed by atoms with Crippen molar-refractivity contribution in [2.45, 2.75) is 26.2 Å². The highest BCUT2D eigenvalue weighted by Gasteiger charge is 2.33. The van der Waals surface area contributed by atoms with Gasteiger partial charge in [-0.25, -0.2) is 14.4 Å². The zero-order chi connectivity index (χ0) is 24.2. The van der Waals surface area contributed by atoms with Crippen LogP contribution in [0.15, 0.2) is 48.7 Å². The van der Waals surface area contributed by atoms with Crippen molar-refractivity contribution in [2.24, 2.45) is 0 Å². The van der Waals surface area contributed by atoms with E-state index in [1.165, 1.54) is 30.5 Å². The fourth-order valence-electron chi connectivity index (χ4n) is 3.16. The van der Waals surface area contributed by atoms with E-state index in [9.17, 15) is 22.4 Å². The Labute approximate surface area is 188 Å². The van der Waals surface area contributed by atoms with Crippen LogP contribution in [0.25, 0.3) is 0 Å². The average molecular weight is 461 g/mol. The summed E-state index contributed by atoms with van der Waals surface area (Å²) in [5, 5.41) is 5.60. The highest BCUT2D eigenvalue weighted by Crippen LogP contribution is 2.34. The molecular formula is C23H23F4N5O. The molecule has 0 aliphatic rings. The number of carbonyl (C=O) groups excluding carboxylic acids is 1. The van der Waals surface area contributed by atoms with Gasteiger partial charge in [-0.2, -0.15) is 13.2 Å². The molecule has 0 aliphatic carbocycles. The zero-order valence-corrected chi connectivity index (χ0v) is 18.3. The molecule has 3 aromatic rings. The number of nitrogens with zero attached hydrogens (tertiary/aromatic N) is 3. The summed E-state index contributed by atoms with van der Waals surface area (Å²) in [6, 6.07) is 9.29. The monoisotopic (exact) mass is 461 g/mol. The lowest BCUT2D eigenvalue weighted by molar-refractivity contribution is -0.138. The molecule has 0 saturated carbocycles. The number of nitrogens with one attached hydrogen (secondary N) is 2. The van der Waals surface area contributed by atoms with E-state index >= 15 is 0 Å². The lowest BCUT2D eigenvalue weighted by Gasteiger charge is -2.18. The van der Waals surface area contributed by atoms with Crippen LogP contribution in [0.4, 0.5) is 29.1 Å². The first-order chi connectivity index (χ1) is 15.5. The lowest BCUT2D eigenvalue weighted by atomic mass is 10.1. The van der Waals surface area contributed by atoms with Crippen molar-refractivity contribution < 1.29 is 22.4 Å². The number of anilines is 2. The number of rotatable bonds is 7. The second-order valence-corrected chi connectivity index (χ2v) is 7.75. The number of hydrogen-bond acceptors (Lipinski definition) is 5. The summed E-state index contributed by atoms with van der Waals surface area (Å²) in [7, 11) is 3.32. The van der Waals surface area contributed by atoms with Crippen molar-refractivity contribution in [3.63, 3.8) is 0 Å². The van der Waals surface area contributed by atoms with E-state index in [4.69, 9.17) is 0 Å². The number of halogens is 4. The SMILES string of the molecule is Cc1cnc(NCc2ccc(F)cc2)c(C(=O)Nc2ccc(C(F)(F)F)c(CN(C)C)c2)n1. The number of carbonyl (C=O) groups is 1. The smallest absolute Gasteiger partial charge is 0.364 e. The maximum atomic E-state index is 13.3. The van der Waals surface area contributed by atoms with E-state index in [0.717, 1.165) is 11.6 Å². The van der Waals surface area contributed by atoms with Gasteiger partial charge in [0.1, 0.15) is 5.82 Å². The van der Waals surface area contributed by atoms with Gasteiger partial charge in [0.05, 0.1) is 17.5 Å². The first-order valence-electron chi connectivity index (χ1n) is 10.0. The summed E-state index contributed by atoms with van der Waals surface area (Å²) in [4.78, 5) is 23.0. The fraction of sp³-hybridized carbons (Fsp3) is 0.261. The van der Waals surface area contributed by atoms with Crippen molar-refractivity contribution in [2.75, 3.05) is 24.7 Å². The van der Waals surface area contributed by atoms with Crippen LogP contribution in [0.1, 0.15) is 32.9 Å². The Morgan fingerprint density at radius 1 is 1.09 bits per heavy atom. The minimum absolute atomic E-state index is 0.00818. The van der Waals surface area contributed by atoms with Crippen LogP contribution in [0.2, 0.25) is 0 Å². The van der Waals surface area contributed by atoms with Crippen molar-refractivity contribution in [3.8, 4) is 0 Å². The summed E-state index contributed by atoms with van der Waals surface area (Å²) in [5.41, 5.74) is 0.736. The van der Waals surface area contributed by atoms with Gasteiger partial charge in [0.2, 0.25) is 0 Å². The van der Waals surface area contributed by atoms with Gasteiger partial charge in [0.15, 0.2) is 11.5 Å². The number of aryl methyl sites for hydroxylation is 1. The lowest BCUT2D eigenvalue weighted by Crippen LogP contribution is -2.20. The van der Waals surface area contributed by atoms with E-state index in [2.05, 4.69) is 20.6 Å². The zero-order valence-electron chi connectivity index (χ0n) is 18.3. The Hall–Kier alpha value is -3.53. The maximum Gasteiger partial charge on any atom is 0.416 e. The van der Waals surface area contributed by atoms with Crippen molar-refractivity contribution in [1.82, 2.24) is 14.9 Å². The second kappa shape index (κ2) is 9.95. The molecule has 3 rings (SSSR count). The molecule has 6 nitrogen and oxygen atoms in total. The normalized spacial score (nSPS) is 11.5. The molecule has 1 amide bonds. The number of alkyl halides is 3. The molecule has 0 fully saturated rings. The molecule has 10 heteroatoms. The van der Waals surface area contributed by atoms with Crippen molar-refractivity contribution >= 4 is 17.4 Å². The molecule has 2 aromatic carbocycles. The summed E-state index contributed by atoms with van der Waals surface area (Å²) in [6.45, 7) is 1.99. The predicted octanol–water partition coefficient (Wildman–Crippen LogP) is 4.87. The van der Waals surface area contributed by atoms with Crippen LogP contribution >= 0.6 is 0 Å². The first kappa shape index (κ1) is 24.1. The number of aromatic nitrogens is 2. The van der Waals surface area contributed by atoms with Gasteiger partial charge >= 0.3 is 6.18 Å². The van der Waals surface area contributed by atoms with Gasteiger partial charge in [-0.1, -0.05) is 12.1 Å². The van der Waals surface area contributed by atoms with Crippen LogP contribution < -0.4 is 10.6 Å². The third kappa shape index (κ3) is 6.48. The summed E-state index contributed by atoms with van der Waals surface area (Å²) in [5.74, 6) is -0.787. The largest absolute Gasteiger partial charge is 0.416 e. The van der Waals surface area contributed by atoms with Crippen molar-refractivity contribution in [1.29, 1.82) is 0 Å². The minimum atomic E-state index is -4.51. The highest BCUT2D eigenvalue weighted by molar-refractivity contribution is 6.06. The molecule has 0 bridgehead atoms. The summed E-state index contributed by atoms with van der Waals surface area (Å²) < 4.78 is 53.1. The van der Waals surface area contributed by atoms with Crippen LogP contribution in [0.3, 0.4) is 0 Å². The van der Waals surface area contributed by atoms with Gasteiger partial charge in [-0.15, -0.1) is 0 Å². The molecule has 0 spiro atoms. The van der Waals surface area contributed by atoms with E-state index < -0.39 is 17.6 Å².